The number of alkyl carbamates (subject to hydrolysis) is 1. The van der Waals surface area contributed by atoms with E-state index >= 15 is 0 Å². The third-order valence-electron chi connectivity index (χ3n) is 6.47. The molecule has 3 aromatic rings. The minimum atomic E-state index is -0.702. The van der Waals surface area contributed by atoms with Crippen molar-refractivity contribution in [3.63, 3.8) is 0 Å². The molecule has 0 aromatic heterocycles. The summed E-state index contributed by atoms with van der Waals surface area (Å²) in [6.07, 6.45) is 1.80. The molecule has 8 nitrogen and oxygen atoms in total. The Bertz CT molecular complexity index is 1200. The van der Waals surface area contributed by atoms with Crippen molar-refractivity contribution in [1.82, 2.24) is 16.0 Å². The minimum absolute atomic E-state index is 0.199. The Morgan fingerprint density at radius 1 is 0.868 bits per heavy atom. The third-order valence-corrected chi connectivity index (χ3v) is 6.47. The summed E-state index contributed by atoms with van der Waals surface area (Å²) in [4.78, 5) is 38.2. The number of carbonyl (C=O) groups excluding carboxylic acids is 3. The number of rotatable bonds is 11. The molecule has 4 rings (SSSR count). The molecule has 0 saturated carbocycles. The van der Waals surface area contributed by atoms with E-state index in [1.165, 1.54) is 5.56 Å². The summed E-state index contributed by atoms with van der Waals surface area (Å²) >= 11 is 0. The second kappa shape index (κ2) is 13.9. The SMILES string of the molecule is O=C(NCCCC[C@H](NC(=O)C1Cc2ccccc2CN1)C(=O)Nc1ccccc1)OCc1ccccc1. The van der Waals surface area contributed by atoms with Crippen LogP contribution in [0.3, 0.4) is 0 Å². The van der Waals surface area contributed by atoms with E-state index < -0.39 is 18.2 Å². The summed E-state index contributed by atoms with van der Waals surface area (Å²) in [5, 5.41) is 11.9. The first-order valence-electron chi connectivity index (χ1n) is 13.0. The van der Waals surface area contributed by atoms with Crippen LogP contribution >= 0.6 is 0 Å². The molecule has 2 atom stereocenters. The third kappa shape index (κ3) is 8.18. The number of hydrogen-bond acceptors (Lipinski definition) is 5. The Morgan fingerprint density at radius 2 is 1.55 bits per heavy atom. The van der Waals surface area contributed by atoms with Crippen LogP contribution in [0, 0.1) is 0 Å². The van der Waals surface area contributed by atoms with E-state index in [1.807, 2.05) is 66.7 Å². The van der Waals surface area contributed by atoms with Gasteiger partial charge in [0, 0.05) is 18.8 Å². The van der Waals surface area contributed by atoms with Crippen molar-refractivity contribution in [3.8, 4) is 0 Å². The molecule has 1 heterocycles. The summed E-state index contributed by atoms with van der Waals surface area (Å²) < 4.78 is 5.23. The van der Waals surface area contributed by atoms with Gasteiger partial charge in [0.05, 0.1) is 6.04 Å². The highest BCUT2D eigenvalue weighted by Crippen LogP contribution is 2.17. The highest BCUT2D eigenvalue weighted by atomic mass is 16.5. The predicted octanol–water partition coefficient (Wildman–Crippen LogP) is 3.92. The number of hydrogen-bond donors (Lipinski definition) is 4. The molecule has 0 aliphatic carbocycles. The lowest BCUT2D eigenvalue weighted by molar-refractivity contribution is -0.128. The Morgan fingerprint density at radius 3 is 2.32 bits per heavy atom. The first-order valence-corrected chi connectivity index (χ1v) is 13.0. The molecule has 198 valence electrons. The van der Waals surface area contributed by atoms with Crippen molar-refractivity contribution < 1.29 is 19.1 Å². The van der Waals surface area contributed by atoms with Gasteiger partial charge < -0.3 is 26.0 Å². The zero-order chi connectivity index (χ0) is 26.6. The maximum absolute atomic E-state index is 13.1. The summed E-state index contributed by atoms with van der Waals surface area (Å²) in [7, 11) is 0. The molecule has 0 spiro atoms. The normalized spacial score (nSPS) is 15.0. The summed E-state index contributed by atoms with van der Waals surface area (Å²) in [5.74, 6) is -0.466. The fourth-order valence-corrected chi connectivity index (χ4v) is 4.37. The lowest BCUT2D eigenvalue weighted by Gasteiger charge is -2.27. The molecular formula is C30H34N4O4. The number of fused-ring (bicyclic) bond motifs is 1. The molecule has 3 aromatic carbocycles. The fraction of sp³-hybridized carbons (Fsp3) is 0.300. The van der Waals surface area contributed by atoms with E-state index in [2.05, 4.69) is 27.3 Å². The van der Waals surface area contributed by atoms with Gasteiger partial charge in [0.1, 0.15) is 12.6 Å². The molecule has 1 aliphatic rings. The second-order valence-corrected chi connectivity index (χ2v) is 9.31. The van der Waals surface area contributed by atoms with E-state index in [0.29, 0.717) is 44.5 Å². The fourth-order valence-electron chi connectivity index (χ4n) is 4.37. The van der Waals surface area contributed by atoms with E-state index in [4.69, 9.17) is 4.74 Å². The number of carbonyl (C=O) groups is 3. The molecule has 0 radical (unpaired) electrons. The van der Waals surface area contributed by atoms with E-state index in [9.17, 15) is 14.4 Å². The number of unbranched alkanes of at least 4 members (excludes halogenated alkanes) is 1. The van der Waals surface area contributed by atoms with Crippen LogP contribution in [0.15, 0.2) is 84.9 Å². The summed E-state index contributed by atoms with van der Waals surface area (Å²) in [5.41, 5.74) is 3.91. The Hall–Kier alpha value is -4.17. The van der Waals surface area contributed by atoms with Crippen LogP contribution in [0.1, 0.15) is 36.0 Å². The average molecular weight is 515 g/mol. The van der Waals surface area contributed by atoms with Crippen LogP contribution in [0.25, 0.3) is 0 Å². The molecule has 3 amide bonds. The zero-order valence-corrected chi connectivity index (χ0v) is 21.3. The van der Waals surface area contributed by atoms with E-state index in [1.54, 1.807) is 12.1 Å². The molecule has 4 N–H and O–H groups in total. The topological polar surface area (TPSA) is 109 Å². The first-order chi connectivity index (χ1) is 18.6. The number of amides is 3. The van der Waals surface area contributed by atoms with Crippen LogP contribution in [0.5, 0.6) is 0 Å². The molecule has 0 fully saturated rings. The standard InChI is InChI=1S/C30H34N4O4/c35-28(33-25-15-5-2-6-16-25)26(34-29(36)27-19-23-13-7-8-14-24(23)20-32-27)17-9-10-18-31-30(37)38-21-22-11-3-1-4-12-22/h1-8,11-16,26-27,32H,9-10,17-21H2,(H,31,37)(H,33,35)(H,34,36)/t26-,27?/m0/s1. The van der Waals surface area contributed by atoms with Crippen LogP contribution in [0.4, 0.5) is 10.5 Å². The van der Waals surface area contributed by atoms with Crippen molar-refractivity contribution in [2.75, 3.05) is 11.9 Å². The highest BCUT2D eigenvalue weighted by molar-refractivity contribution is 5.97. The van der Waals surface area contributed by atoms with Gasteiger partial charge >= 0.3 is 6.09 Å². The molecule has 8 heteroatoms. The van der Waals surface area contributed by atoms with Gasteiger partial charge in [0.2, 0.25) is 11.8 Å². The molecule has 1 unspecified atom stereocenters. The van der Waals surface area contributed by atoms with E-state index in [-0.39, 0.29) is 18.4 Å². The van der Waals surface area contributed by atoms with E-state index in [0.717, 1.165) is 11.1 Å². The Kier molecular flexibility index (Phi) is 9.87. The average Bonchev–Trinajstić information content (AvgIpc) is 2.96. The number of para-hydroxylation sites is 1. The molecular weight excluding hydrogens is 480 g/mol. The molecule has 0 bridgehead atoms. The molecule has 38 heavy (non-hydrogen) atoms. The lowest BCUT2D eigenvalue weighted by Crippen LogP contribution is -2.53. The van der Waals surface area contributed by atoms with Gasteiger partial charge in [0.15, 0.2) is 0 Å². The van der Waals surface area contributed by atoms with Gasteiger partial charge in [-0.2, -0.15) is 0 Å². The van der Waals surface area contributed by atoms with Crippen molar-refractivity contribution in [2.45, 2.75) is 50.9 Å². The smallest absolute Gasteiger partial charge is 0.407 e. The monoisotopic (exact) mass is 514 g/mol. The maximum atomic E-state index is 13.1. The number of benzene rings is 3. The van der Waals surface area contributed by atoms with Crippen LogP contribution in [-0.2, 0) is 33.9 Å². The Balaban J connectivity index is 1.26. The highest BCUT2D eigenvalue weighted by Gasteiger charge is 2.28. The van der Waals surface area contributed by atoms with Crippen LogP contribution in [-0.4, -0.2) is 36.5 Å². The minimum Gasteiger partial charge on any atom is -0.445 e. The van der Waals surface area contributed by atoms with Crippen molar-refractivity contribution in [3.05, 3.63) is 102 Å². The Labute approximate surface area is 223 Å². The second-order valence-electron chi connectivity index (χ2n) is 9.31. The molecule has 0 saturated heterocycles. The summed E-state index contributed by atoms with van der Waals surface area (Å²) in [6.45, 7) is 1.23. The lowest BCUT2D eigenvalue weighted by atomic mass is 9.95. The number of anilines is 1. The van der Waals surface area contributed by atoms with Crippen molar-refractivity contribution >= 4 is 23.6 Å². The largest absolute Gasteiger partial charge is 0.445 e. The van der Waals surface area contributed by atoms with Gasteiger partial charge in [-0.15, -0.1) is 0 Å². The van der Waals surface area contributed by atoms with Gasteiger partial charge in [-0.25, -0.2) is 4.79 Å². The first kappa shape index (κ1) is 26.9. The predicted molar refractivity (Wildman–Crippen MR) is 146 cm³/mol. The maximum Gasteiger partial charge on any atom is 0.407 e. The quantitative estimate of drug-likeness (QED) is 0.290. The van der Waals surface area contributed by atoms with Gasteiger partial charge in [-0.05, 0) is 54.5 Å². The summed E-state index contributed by atoms with van der Waals surface area (Å²) in [6, 6.07) is 25.6. The van der Waals surface area contributed by atoms with Crippen molar-refractivity contribution in [2.24, 2.45) is 0 Å². The van der Waals surface area contributed by atoms with Gasteiger partial charge in [-0.3, -0.25) is 9.59 Å². The number of ether oxygens (including phenoxy) is 1. The van der Waals surface area contributed by atoms with Gasteiger partial charge in [0.25, 0.3) is 0 Å². The van der Waals surface area contributed by atoms with Crippen LogP contribution in [0.2, 0.25) is 0 Å². The molecule has 1 aliphatic heterocycles. The zero-order valence-electron chi connectivity index (χ0n) is 21.3. The van der Waals surface area contributed by atoms with Crippen molar-refractivity contribution in [1.29, 1.82) is 0 Å². The van der Waals surface area contributed by atoms with Gasteiger partial charge in [-0.1, -0.05) is 72.8 Å². The van der Waals surface area contributed by atoms with Crippen LogP contribution < -0.4 is 21.3 Å². The number of nitrogens with one attached hydrogen (secondary N) is 4.